The summed E-state index contributed by atoms with van der Waals surface area (Å²) in [5.74, 6) is -1.11. The van der Waals surface area contributed by atoms with E-state index < -0.39 is 29.4 Å². The van der Waals surface area contributed by atoms with Crippen molar-refractivity contribution >= 4 is 17.8 Å². The van der Waals surface area contributed by atoms with E-state index in [2.05, 4.69) is 10.4 Å². The number of piperidine rings is 1. The molecule has 0 bridgehead atoms. The minimum absolute atomic E-state index is 0.00419. The number of ether oxygens (including phenoxy) is 2. The largest absolute Gasteiger partial charge is 0.447 e. The lowest BCUT2D eigenvalue weighted by molar-refractivity contribution is -0.141. The zero-order valence-electron chi connectivity index (χ0n) is 19.9. The number of amides is 2. The molecule has 12 heteroatoms. The monoisotopic (exact) mass is 510 g/mol. The van der Waals surface area contributed by atoms with E-state index in [1.807, 2.05) is 0 Å². The van der Waals surface area contributed by atoms with E-state index >= 15 is 0 Å². The van der Waals surface area contributed by atoms with Crippen molar-refractivity contribution in [1.29, 1.82) is 0 Å². The first-order valence-corrected chi connectivity index (χ1v) is 11.6. The van der Waals surface area contributed by atoms with Crippen LogP contribution in [0, 0.1) is 5.92 Å². The molecule has 196 valence electrons. The smallest absolute Gasteiger partial charge is 0.435 e. The molecule has 36 heavy (non-hydrogen) atoms. The molecule has 0 aliphatic carbocycles. The number of aromatic nitrogens is 2. The quantitative estimate of drug-likeness (QED) is 0.491. The Kier molecular flexibility index (Phi) is 9.45. The lowest BCUT2D eigenvalue weighted by Crippen LogP contribution is -2.41. The summed E-state index contributed by atoms with van der Waals surface area (Å²) in [7, 11) is 1.51. The van der Waals surface area contributed by atoms with Gasteiger partial charge in [-0.3, -0.25) is 9.59 Å². The van der Waals surface area contributed by atoms with Crippen molar-refractivity contribution < 1.29 is 37.0 Å². The summed E-state index contributed by atoms with van der Waals surface area (Å²) in [5.41, 5.74) is -1.46. The average Bonchev–Trinajstić information content (AvgIpc) is 3.34. The van der Waals surface area contributed by atoms with Crippen LogP contribution >= 0.6 is 0 Å². The van der Waals surface area contributed by atoms with E-state index in [0.29, 0.717) is 38.2 Å². The SMILES string of the molecule is COCCOC(=O)N1CCC(C(=O)CCCNC(=O)c2cn(-c3ccccc3)nc2C(F)(F)F)CC1. The Bertz CT molecular complexity index is 1030. The lowest BCUT2D eigenvalue weighted by atomic mass is 9.90. The van der Waals surface area contributed by atoms with Crippen molar-refractivity contribution in [3.8, 4) is 5.69 Å². The molecule has 0 unspecified atom stereocenters. The van der Waals surface area contributed by atoms with Gasteiger partial charge in [0.2, 0.25) is 0 Å². The van der Waals surface area contributed by atoms with Crippen LogP contribution in [0.3, 0.4) is 0 Å². The van der Waals surface area contributed by atoms with Crippen LogP contribution in [0.25, 0.3) is 5.69 Å². The third-order valence-corrected chi connectivity index (χ3v) is 5.86. The molecule has 0 atom stereocenters. The second kappa shape index (κ2) is 12.5. The van der Waals surface area contributed by atoms with Gasteiger partial charge < -0.3 is 19.7 Å². The molecule has 1 aromatic heterocycles. The molecule has 0 radical (unpaired) electrons. The third kappa shape index (κ3) is 7.30. The van der Waals surface area contributed by atoms with E-state index in [1.54, 1.807) is 35.2 Å². The summed E-state index contributed by atoms with van der Waals surface area (Å²) in [6, 6.07) is 8.18. The van der Waals surface area contributed by atoms with Crippen molar-refractivity contribution in [3.63, 3.8) is 0 Å². The van der Waals surface area contributed by atoms with Crippen LogP contribution in [0.2, 0.25) is 0 Å². The van der Waals surface area contributed by atoms with Gasteiger partial charge in [0, 0.05) is 45.3 Å². The molecule has 0 spiro atoms. The predicted molar refractivity (Wildman–Crippen MR) is 123 cm³/mol. The molecule has 9 nitrogen and oxygen atoms in total. The van der Waals surface area contributed by atoms with Crippen LogP contribution in [0.5, 0.6) is 0 Å². The fraction of sp³-hybridized carbons (Fsp3) is 0.500. The van der Waals surface area contributed by atoms with Crippen molar-refractivity contribution in [2.75, 3.05) is 40.0 Å². The molecule has 3 rings (SSSR count). The van der Waals surface area contributed by atoms with Gasteiger partial charge >= 0.3 is 12.3 Å². The van der Waals surface area contributed by atoms with Gasteiger partial charge in [-0.25, -0.2) is 9.48 Å². The molecule has 1 saturated heterocycles. The Labute approximate surface area is 206 Å². The molecule has 1 aliphatic rings. The van der Waals surface area contributed by atoms with E-state index in [1.165, 1.54) is 7.11 Å². The number of hydrogen-bond acceptors (Lipinski definition) is 6. The van der Waals surface area contributed by atoms with Gasteiger partial charge in [0.1, 0.15) is 12.4 Å². The maximum Gasteiger partial charge on any atom is 0.435 e. The Morgan fingerprint density at radius 2 is 1.81 bits per heavy atom. The van der Waals surface area contributed by atoms with Crippen LogP contribution in [-0.2, 0) is 20.4 Å². The first-order chi connectivity index (χ1) is 17.2. The normalized spacial score (nSPS) is 14.5. The summed E-state index contributed by atoms with van der Waals surface area (Å²) >= 11 is 0. The molecule has 2 heterocycles. The van der Waals surface area contributed by atoms with Crippen molar-refractivity contribution in [2.45, 2.75) is 31.9 Å². The number of likely N-dealkylation sites (tertiary alicyclic amines) is 1. The van der Waals surface area contributed by atoms with Crippen LogP contribution in [0.1, 0.15) is 41.7 Å². The maximum atomic E-state index is 13.5. The number of para-hydroxylation sites is 1. The lowest BCUT2D eigenvalue weighted by Gasteiger charge is -2.30. The average molecular weight is 511 g/mol. The highest BCUT2D eigenvalue weighted by atomic mass is 19.4. The molecule has 1 N–H and O–H groups in total. The molecule has 2 amide bonds. The number of carbonyl (C=O) groups is 3. The van der Waals surface area contributed by atoms with Gasteiger partial charge in [0.15, 0.2) is 5.69 Å². The summed E-state index contributed by atoms with van der Waals surface area (Å²) in [6.45, 7) is 1.33. The first kappa shape index (κ1) is 27.2. The van der Waals surface area contributed by atoms with Crippen molar-refractivity contribution in [1.82, 2.24) is 20.0 Å². The maximum absolute atomic E-state index is 13.5. The molecule has 0 saturated carbocycles. The number of nitrogens with zero attached hydrogens (tertiary/aromatic N) is 3. The standard InChI is InChI=1S/C24H29F3N4O5/c1-35-14-15-36-23(34)30-12-9-17(10-13-30)20(32)8-5-11-28-22(33)19-16-31(18-6-3-2-4-7-18)29-21(19)24(25,26)27/h2-4,6-7,16-17H,5,8-15H2,1H3,(H,28,33). The number of nitrogens with one attached hydrogen (secondary N) is 1. The van der Waals surface area contributed by atoms with Gasteiger partial charge in [-0.15, -0.1) is 0 Å². The number of rotatable bonds is 10. The number of carbonyl (C=O) groups excluding carboxylic acids is 3. The van der Waals surface area contributed by atoms with Crippen LogP contribution in [0.4, 0.5) is 18.0 Å². The zero-order chi connectivity index (χ0) is 26.1. The van der Waals surface area contributed by atoms with E-state index in [0.717, 1.165) is 10.9 Å². The minimum atomic E-state index is -4.80. The fourth-order valence-electron chi connectivity index (χ4n) is 3.91. The van der Waals surface area contributed by atoms with E-state index in [9.17, 15) is 27.6 Å². The van der Waals surface area contributed by atoms with Gasteiger partial charge in [-0.1, -0.05) is 18.2 Å². The molecular formula is C24H29F3N4O5. The Hall–Kier alpha value is -3.41. The Morgan fingerprint density at radius 1 is 1.11 bits per heavy atom. The van der Waals surface area contributed by atoms with Gasteiger partial charge in [0.05, 0.1) is 17.9 Å². The van der Waals surface area contributed by atoms with Gasteiger partial charge in [-0.05, 0) is 31.4 Å². The highest BCUT2D eigenvalue weighted by Gasteiger charge is 2.39. The highest BCUT2D eigenvalue weighted by Crippen LogP contribution is 2.31. The second-order valence-corrected chi connectivity index (χ2v) is 8.36. The summed E-state index contributed by atoms with van der Waals surface area (Å²) in [5, 5.41) is 6.02. The van der Waals surface area contributed by atoms with E-state index in [4.69, 9.17) is 9.47 Å². The fourth-order valence-corrected chi connectivity index (χ4v) is 3.91. The molecule has 2 aromatic rings. The predicted octanol–water partition coefficient (Wildman–Crippen LogP) is 3.47. The van der Waals surface area contributed by atoms with Crippen LogP contribution < -0.4 is 5.32 Å². The minimum Gasteiger partial charge on any atom is -0.447 e. The first-order valence-electron chi connectivity index (χ1n) is 11.6. The Morgan fingerprint density at radius 3 is 2.44 bits per heavy atom. The summed E-state index contributed by atoms with van der Waals surface area (Å²) < 4.78 is 51.3. The van der Waals surface area contributed by atoms with E-state index in [-0.39, 0.29) is 37.7 Å². The summed E-state index contributed by atoms with van der Waals surface area (Å²) in [6.07, 6.45) is -2.69. The summed E-state index contributed by atoms with van der Waals surface area (Å²) in [4.78, 5) is 38.5. The third-order valence-electron chi connectivity index (χ3n) is 5.86. The topological polar surface area (TPSA) is 103 Å². The van der Waals surface area contributed by atoms with Crippen molar-refractivity contribution in [2.24, 2.45) is 5.92 Å². The molecule has 1 aliphatic heterocycles. The number of benzene rings is 1. The Balaban J connectivity index is 1.46. The number of alkyl halides is 3. The van der Waals surface area contributed by atoms with Gasteiger partial charge in [0.25, 0.3) is 5.91 Å². The molecule has 1 fully saturated rings. The number of Topliss-reactive ketones (excluding diaryl/α,β-unsaturated/α-hetero) is 1. The van der Waals surface area contributed by atoms with Crippen LogP contribution in [-0.4, -0.2) is 72.4 Å². The number of ketones is 1. The van der Waals surface area contributed by atoms with Gasteiger partial charge in [-0.2, -0.15) is 18.3 Å². The molecular weight excluding hydrogens is 481 g/mol. The molecule has 1 aromatic carbocycles. The number of hydrogen-bond donors (Lipinski definition) is 1. The number of halogens is 3. The second-order valence-electron chi connectivity index (χ2n) is 8.36. The zero-order valence-corrected chi connectivity index (χ0v) is 19.9. The van der Waals surface area contributed by atoms with Crippen molar-refractivity contribution in [3.05, 3.63) is 47.8 Å². The highest BCUT2D eigenvalue weighted by molar-refractivity contribution is 5.95. The number of methoxy groups -OCH3 is 1. The van der Waals surface area contributed by atoms with Crippen LogP contribution in [0.15, 0.2) is 36.5 Å².